The molecule has 0 saturated heterocycles. The Morgan fingerprint density at radius 1 is 1.22 bits per heavy atom. The van der Waals surface area contributed by atoms with E-state index in [1.54, 1.807) is 45.0 Å². The zero-order chi connectivity index (χ0) is 20.4. The molecule has 1 aromatic rings. The summed E-state index contributed by atoms with van der Waals surface area (Å²) in [5, 5.41) is 14.1. The fourth-order valence-electron chi connectivity index (χ4n) is 1.95. The van der Waals surface area contributed by atoms with Gasteiger partial charge in [0, 0.05) is 5.56 Å². The minimum Gasteiger partial charge on any atom is -0.494 e. The summed E-state index contributed by atoms with van der Waals surface area (Å²) in [6.07, 6.45) is 0. The number of amides is 2. The Balaban J connectivity index is 2.41. The van der Waals surface area contributed by atoms with Gasteiger partial charge in [-0.15, -0.1) is 0 Å². The predicted octanol–water partition coefficient (Wildman–Crippen LogP) is 1.41. The molecule has 0 saturated carbocycles. The van der Waals surface area contributed by atoms with Crippen LogP contribution < -0.4 is 15.4 Å². The Hall–Kier alpha value is -3.08. The van der Waals surface area contributed by atoms with Gasteiger partial charge in [-0.05, 0) is 44.0 Å². The van der Waals surface area contributed by atoms with Crippen LogP contribution in [0.15, 0.2) is 24.3 Å². The Kier molecular flexibility index (Phi) is 8.27. The molecule has 2 amide bonds. The first-order valence-electron chi connectivity index (χ1n) is 8.60. The number of nitrogens with one attached hydrogen (secondary N) is 2. The van der Waals surface area contributed by atoms with Gasteiger partial charge in [-0.25, -0.2) is 0 Å². The quantitative estimate of drug-likeness (QED) is 0.630. The first-order valence-corrected chi connectivity index (χ1v) is 8.60. The van der Waals surface area contributed by atoms with Crippen LogP contribution in [0.4, 0.5) is 0 Å². The first kappa shape index (κ1) is 22.0. The molecule has 0 aliphatic heterocycles. The second-order valence-electron chi connectivity index (χ2n) is 6.32. The van der Waals surface area contributed by atoms with Crippen molar-refractivity contribution in [2.24, 2.45) is 5.92 Å². The average molecular weight is 375 g/mol. The summed E-state index contributed by atoms with van der Waals surface area (Å²) < 4.78 is 10.1. The molecule has 146 valence electrons. The van der Waals surface area contributed by atoms with E-state index < -0.39 is 29.9 Å². The van der Waals surface area contributed by atoms with E-state index in [-0.39, 0.29) is 12.5 Å². The van der Waals surface area contributed by atoms with Crippen LogP contribution in [0.25, 0.3) is 0 Å². The Morgan fingerprint density at radius 3 is 2.37 bits per heavy atom. The molecule has 1 atom stereocenters. The molecule has 8 heteroatoms. The van der Waals surface area contributed by atoms with Gasteiger partial charge in [-0.3, -0.25) is 14.4 Å². The van der Waals surface area contributed by atoms with Crippen molar-refractivity contribution in [2.75, 3.05) is 19.8 Å². The van der Waals surface area contributed by atoms with Gasteiger partial charge in [0.05, 0.1) is 12.7 Å². The summed E-state index contributed by atoms with van der Waals surface area (Å²) >= 11 is 0. The van der Waals surface area contributed by atoms with Gasteiger partial charge in [0.2, 0.25) is 0 Å². The van der Waals surface area contributed by atoms with E-state index in [1.807, 2.05) is 13.0 Å². The van der Waals surface area contributed by atoms with Crippen molar-refractivity contribution in [3.8, 4) is 11.8 Å². The molecule has 0 aromatic heterocycles. The Labute approximate surface area is 158 Å². The molecule has 8 nitrogen and oxygen atoms in total. The molecule has 0 unspecified atom stereocenters. The highest BCUT2D eigenvalue weighted by Crippen LogP contribution is 2.14. The van der Waals surface area contributed by atoms with E-state index in [4.69, 9.17) is 14.7 Å². The van der Waals surface area contributed by atoms with Gasteiger partial charge >= 0.3 is 5.97 Å². The van der Waals surface area contributed by atoms with Gasteiger partial charge in [-0.1, -0.05) is 13.8 Å². The number of hydrogen-bond acceptors (Lipinski definition) is 6. The maximum Gasteiger partial charge on any atom is 0.325 e. The number of esters is 1. The molecule has 27 heavy (non-hydrogen) atoms. The summed E-state index contributed by atoms with van der Waals surface area (Å²) in [5.74, 6) is -1.26. The standard InChI is InChI=1S/C19H25N3O5/c1-5-26-15-8-6-14(7-9-15)18(25)21-10-17(24)27-11-16(23)22-19(4,12-20)13(2)3/h6-9,13H,5,10-11H2,1-4H3,(H,21,25)(H,22,23)/t19-/m0/s1. The molecule has 0 aliphatic rings. The summed E-state index contributed by atoms with van der Waals surface area (Å²) in [6.45, 7) is 6.67. The van der Waals surface area contributed by atoms with Gasteiger partial charge in [0.15, 0.2) is 6.61 Å². The summed E-state index contributed by atoms with van der Waals surface area (Å²) in [4.78, 5) is 35.5. The van der Waals surface area contributed by atoms with E-state index in [9.17, 15) is 14.4 Å². The minimum absolute atomic E-state index is 0.115. The van der Waals surface area contributed by atoms with Gasteiger partial charge in [0.25, 0.3) is 11.8 Å². The third-order valence-electron chi connectivity index (χ3n) is 3.97. The molecule has 0 radical (unpaired) electrons. The Morgan fingerprint density at radius 2 is 1.85 bits per heavy atom. The van der Waals surface area contributed by atoms with E-state index in [0.717, 1.165) is 0 Å². The van der Waals surface area contributed by atoms with Gasteiger partial charge < -0.3 is 20.1 Å². The number of carbonyl (C=O) groups excluding carboxylic acids is 3. The molecule has 0 spiro atoms. The zero-order valence-corrected chi connectivity index (χ0v) is 16.0. The lowest BCUT2D eigenvalue weighted by molar-refractivity contribution is -0.147. The predicted molar refractivity (Wildman–Crippen MR) is 97.9 cm³/mol. The normalized spacial score (nSPS) is 12.4. The second-order valence-corrected chi connectivity index (χ2v) is 6.32. The van der Waals surface area contributed by atoms with E-state index in [2.05, 4.69) is 10.6 Å². The average Bonchev–Trinajstić information content (AvgIpc) is 2.65. The number of nitrogens with zero attached hydrogens (tertiary/aromatic N) is 1. The van der Waals surface area contributed by atoms with Crippen molar-refractivity contribution < 1.29 is 23.9 Å². The van der Waals surface area contributed by atoms with Crippen LogP contribution in [-0.4, -0.2) is 43.1 Å². The van der Waals surface area contributed by atoms with Crippen LogP contribution in [0.1, 0.15) is 38.1 Å². The molecule has 2 N–H and O–H groups in total. The fraction of sp³-hybridized carbons (Fsp3) is 0.474. The van der Waals surface area contributed by atoms with Crippen LogP contribution in [0.2, 0.25) is 0 Å². The maximum absolute atomic E-state index is 12.0. The van der Waals surface area contributed by atoms with Crippen molar-refractivity contribution in [2.45, 2.75) is 33.2 Å². The number of carbonyl (C=O) groups is 3. The topological polar surface area (TPSA) is 118 Å². The summed E-state index contributed by atoms with van der Waals surface area (Å²) in [5.41, 5.74) is -0.684. The zero-order valence-electron chi connectivity index (χ0n) is 16.0. The smallest absolute Gasteiger partial charge is 0.325 e. The van der Waals surface area contributed by atoms with Crippen LogP contribution in [0.5, 0.6) is 5.75 Å². The molecule has 0 heterocycles. The number of ether oxygens (including phenoxy) is 2. The monoisotopic (exact) mass is 375 g/mol. The summed E-state index contributed by atoms with van der Waals surface area (Å²) in [6, 6.07) is 8.49. The molecule has 0 fully saturated rings. The molecular formula is C19H25N3O5. The molecule has 0 aliphatic carbocycles. The minimum atomic E-state index is -1.05. The van der Waals surface area contributed by atoms with Crippen LogP contribution in [0.3, 0.4) is 0 Å². The van der Waals surface area contributed by atoms with Gasteiger partial charge in [0.1, 0.15) is 17.8 Å². The first-order chi connectivity index (χ1) is 12.7. The lowest BCUT2D eigenvalue weighted by atomic mass is 9.90. The highest BCUT2D eigenvalue weighted by molar-refractivity contribution is 5.96. The fourth-order valence-corrected chi connectivity index (χ4v) is 1.95. The van der Waals surface area contributed by atoms with Crippen molar-refractivity contribution >= 4 is 17.8 Å². The lowest BCUT2D eigenvalue weighted by Gasteiger charge is -2.27. The van der Waals surface area contributed by atoms with Crippen molar-refractivity contribution in [3.63, 3.8) is 0 Å². The Bertz CT molecular complexity index is 709. The van der Waals surface area contributed by atoms with Crippen molar-refractivity contribution in [1.29, 1.82) is 5.26 Å². The number of hydrogen-bond donors (Lipinski definition) is 2. The van der Waals surface area contributed by atoms with Crippen molar-refractivity contribution in [3.05, 3.63) is 29.8 Å². The van der Waals surface area contributed by atoms with E-state index >= 15 is 0 Å². The molecule has 1 rings (SSSR count). The molecule has 0 bridgehead atoms. The summed E-state index contributed by atoms with van der Waals surface area (Å²) in [7, 11) is 0. The molecular weight excluding hydrogens is 350 g/mol. The SMILES string of the molecule is CCOc1ccc(C(=O)NCC(=O)OCC(=O)N[C@@](C)(C#N)C(C)C)cc1. The van der Waals surface area contributed by atoms with Gasteiger partial charge in [-0.2, -0.15) is 5.26 Å². The van der Waals surface area contributed by atoms with E-state index in [1.165, 1.54) is 0 Å². The van der Waals surface area contributed by atoms with Crippen LogP contribution >= 0.6 is 0 Å². The second kappa shape index (κ2) is 10.2. The third-order valence-corrected chi connectivity index (χ3v) is 3.97. The van der Waals surface area contributed by atoms with Crippen LogP contribution in [0, 0.1) is 17.2 Å². The number of benzene rings is 1. The largest absolute Gasteiger partial charge is 0.494 e. The lowest BCUT2D eigenvalue weighted by Crippen LogP contribution is -2.50. The van der Waals surface area contributed by atoms with E-state index in [0.29, 0.717) is 17.9 Å². The third kappa shape index (κ3) is 6.98. The van der Waals surface area contributed by atoms with Crippen molar-refractivity contribution in [1.82, 2.24) is 10.6 Å². The maximum atomic E-state index is 12.0. The van der Waals surface area contributed by atoms with Crippen LogP contribution in [-0.2, 0) is 14.3 Å². The highest BCUT2D eigenvalue weighted by Gasteiger charge is 2.30. The highest BCUT2D eigenvalue weighted by atomic mass is 16.5. The number of nitriles is 1. The molecule has 1 aromatic carbocycles. The number of rotatable bonds is 9.